The van der Waals surface area contributed by atoms with E-state index in [2.05, 4.69) is 52.4 Å². The van der Waals surface area contributed by atoms with Crippen LogP contribution < -0.4 is 5.32 Å². The maximum atomic E-state index is 4.64. The van der Waals surface area contributed by atoms with Gasteiger partial charge in [0.2, 0.25) is 0 Å². The van der Waals surface area contributed by atoms with Gasteiger partial charge in [-0.05, 0) is 48.5 Å². The van der Waals surface area contributed by atoms with Gasteiger partial charge in [0.25, 0.3) is 0 Å². The van der Waals surface area contributed by atoms with Gasteiger partial charge in [0.05, 0.1) is 5.52 Å². The van der Waals surface area contributed by atoms with E-state index < -0.39 is 0 Å². The van der Waals surface area contributed by atoms with E-state index in [9.17, 15) is 0 Å². The molecule has 1 aromatic carbocycles. The zero-order chi connectivity index (χ0) is 12.2. The van der Waals surface area contributed by atoms with E-state index in [0.717, 1.165) is 23.8 Å². The standard InChI is InChI=1S/C15H18N2S/c1-2-4-14-13(3-1)5-6-15(17-14)16-11-12-7-9-18-10-8-12/h1-6,12H,7-11H2,(H,16,17). The lowest BCUT2D eigenvalue weighted by Gasteiger charge is -2.21. The minimum atomic E-state index is 0.819. The van der Waals surface area contributed by atoms with E-state index in [1.807, 2.05) is 6.07 Å². The smallest absolute Gasteiger partial charge is 0.126 e. The number of hydrogen-bond donors (Lipinski definition) is 1. The van der Waals surface area contributed by atoms with Gasteiger partial charge in [-0.25, -0.2) is 4.98 Å². The largest absolute Gasteiger partial charge is 0.370 e. The quantitative estimate of drug-likeness (QED) is 0.906. The number of pyridine rings is 1. The highest BCUT2D eigenvalue weighted by molar-refractivity contribution is 7.99. The maximum Gasteiger partial charge on any atom is 0.126 e. The zero-order valence-corrected chi connectivity index (χ0v) is 11.2. The van der Waals surface area contributed by atoms with Crippen LogP contribution in [0.15, 0.2) is 36.4 Å². The molecule has 0 saturated carbocycles. The molecule has 94 valence electrons. The molecule has 2 nitrogen and oxygen atoms in total. The second kappa shape index (κ2) is 5.61. The van der Waals surface area contributed by atoms with Gasteiger partial charge in [-0.15, -0.1) is 0 Å². The van der Waals surface area contributed by atoms with Crippen molar-refractivity contribution >= 4 is 28.5 Å². The lowest BCUT2D eigenvalue weighted by molar-refractivity contribution is 0.515. The van der Waals surface area contributed by atoms with Crippen LogP contribution in [-0.2, 0) is 0 Å². The third kappa shape index (κ3) is 2.78. The molecule has 0 unspecified atom stereocenters. The Hall–Kier alpha value is -1.22. The van der Waals surface area contributed by atoms with E-state index in [4.69, 9.17) is 0 Å². The van der Waals surface area contributed by atoms with Crippen molar-refractivity contribution in [1.82, 2.24) is 4.98 Å². The van der Waals surface area contributed by atoms with Crippen LogP contribution in [0, 0.1) is 5.92 Å². The molecule has 0 aliphatic carbocycles. The summed E-state index contributed by atoms with van der Waals surface area (Å²) in [6.07, 6.45) is 2.68. The van der Waals surface area contributed by atoms with Gasteiger partial charge < -0.3 is 5.32 Å². The summed E-state index contributed by atoms with van der Waals surface area (Å²) in [6, 6.07) is 12.5. The van der Waals surface area contributed by atoms with E-state index in [-0.39, 0.29) is 0 Å². The predicted molar refractivity (Wildman–Crippen MR) is 80.3 cm³/mol. The molecule has 1 saturated heterocycles. The summed E-state index contributed by atoms with van der Waals surface area (Å²) in [6.45, 7) is 1.06. The molecule has 2 aromatic rings. The second-order valence-corrected chi connectivity index (χ2v) is 6.05. The minimum Gasteiger partial charge on any atom is -0.370 e. The van der Waals surface area contributed by atoms with Crippen molar-refractivity contribution in [3.8, 4) is 0 Å². The Balaban J connectivity index is 1.66. The van der Waals surface area contributed by atoms with Crippen molar-refractivity contribution in [2.24, 2.45) is 5.92 Å². The fourth-order valence-electron chi connectivity index (χ4n) is 2.36. The first-order chi connectivity index (χ1) is 8.92. The van der Waals surface area contributed by atoms with E-state index in [1.165, 1.54) is 29.7 Å². The molecule has 1 N–H and O–H groups in total. The number of thioether (sulfide) groups is 1. The summed E-state index contributed by atoms with van der Waals surface area (Å²) in [5.74, 6) is 4.46. The number of rotatable bonds is 3. The zero-order valence-electron chi connectivity index (χ0n) is 10.4. The van der Waals surface area contributed by atoms with Gasteiger partial charge >= 0.3 is 0 Å². The van der Waals surface area contributed by atoms with Gasteiger partial charge in [-0.2, -0.15) is 11.8 Å². The number of anilines is 1. The molecule has 1 aliphatic rings. The summed E-state index contributed by atoms with van der Waals surface area (Å²) < 4.78 is 0. The second-order valence-electron chi connectivity index (χ2n) is 4.83. The highest BCUT2D eigenvalue weighted by Crippen LogP contribution is 2.23. The van der Waals surface area contributed by atoms with Crippen LogP contribution in [0.25, 0.3) is 10.9 Å². The summed E-state index contributed by atoms with van der Waals surface area (Å²) in [4.78, 5) is 4.64. The molecular formula is C15H18N2S. The minimum absolute atomic E-state index is 0.819. The van der Waals surface area contributed by atoms with Crippen LogP contribution in [0.5, 0.6) is 0 Å². The Labute approximate surface area is 112 Å². The summed E-state index contributed by atoms with van der Waals surface area (Å²) in [7, 11) is 0. The molecule has 0 bridgehead atoms. The van der Waals surface area contributed by atoms with Gasteiger partial charge in [0, 0.05) is 11.9 Å². The first kappa shape index (κ1) is 11.8. The number of aromatic nitrogens is 1. The van der Waals surface area contributed by atoms with Crippen molar-refractivity contribution < 1.29 is 0 Å². The third-order valence-electron chi connectivity index (χ3n) is 3.51. The molecule has 1 aromatic heterocycles. The van der Waals surface area contributed by atoms with Gasteiger partial charge in [0.1, 0.15) is 5.82 Å². The number of nitrogens with one attached hydrogen (secondary N) is 1. The Bertz CT molecular complexity index is 521. The highest BCUT2D eigenvalue weighted by Gasteiger charge is 2.13. The third-order valence-corrected chi connectivity index (χ3v) is 4.56. The number of nitrogens with zero attached hydrogens (tertiary/aromatic N) is 1. The Morgan fingerprint density at radius 3 is 2.83 bits per heavy atom. The maximum absolute atomic E-state index is 4.64. The van der Waals surface area contributed by atoms with Crippen LogP contribution in [0.1, 0.15) is 12.8 Å². The Kier molecular flexibility index (Phi) is 3.69. The molecule has 0 radical (unpaired) electrons. The molecule has 3 heteroatoms. The van der Waals surface area contributed by atoms with E-state index in [0.29, 0.717) is 0 Å². The molecule has 1 fully saturated rings. The summed E-state index contributed by atoms with van der Waals surface area (Å²) in [5, 5.41) is 4.69. The number of fused-ring (bicyclic) bond motifs is 1. The SMILES string of the molecule is c1ccc2nc(NCC3CCSCC3)ccc2c1. The lowest BCUT2D eigenvalue weighted by atomic mass is 10.0. The fourth-order valence-corrected chi connectivity index (χ4v) is 3.57. The molecule has 1 aliphatic heterocycles. The number of benzene rings is 1. The number of para-hydroxylation sites is 1. The summed E-state index contributed by atoms with van der Waals surface area (Å²) in [5.41, 5.74) is 1.07. The average molecular weight is 258 g/mol. The van der Waals surface area contributed by atoms with Crippen molar-refractivity contribution in [1.29, 1.82) is 0 Å². The molecular weight excluding hydrogens is 240 g/mol. The topological polar surface area (TPSA) is 24.9 Å². The highest BCUT2D eigenvalue weighted by atomic mass is 32.2. The summed E-state index contributed by atoms with van der Waals surface area (Å²) >= 11 is 2.08. The molecule has 3 rings (SSSR count). The molecule has 18 heavy (non-hydrogen) atoms. The molecule has 0 atom stereocenters. The van der Waals surface area contributed by atoms with Crippen LogP contribution in [0.2, 0.25) is 0 Å². The Morgan fingerprint density at radius 2 is 1.94 bits per heavy atom. The monoisotopic (exact) mass is 258 g/mol. The molecule has 0 amide bonds. The first-order valence-electron chi connectivity index (χ1n) is 6.59. The van der Waals surface area contributed by atoms with Crippen LogP contribution >= 0.6 is 11.8 Å². The normalized spacial score (nSPS) is 16.9. The fraction of sp³-hybridized carbons (Fsp3) is 0.400. The lowest BCUT2D eigenvalue weighted by Crippen LogP contribution is -2.19. The van der Waals surface area contributed by atoms with E-state index >= 15 is 0 Å². The van der Waals surface area contributed by atoms with Gasteiger partial charge in [0.15, 0.2) is 0 Å². The van der Waals surface area contributed by atoms with Gasteiger partial charge in [-0.3, -0.25) is 0 Å². The van der Waals surface area contributed by atoms with Crippen molar-refractivity contribution in [3.05, 3.63) is 36.4 Å². The van der Waals surface area contributed by atoms with Crippen molar-refractivity contribution in [2.45, 2.75) is 12.8 Å². The van der Waals surface area contributed by atoms with Crippen LogP contribution in [0.4, 0.5) is 5.82 Å². The van der Waals surface area contributed by atoms with Crippen molar-refractivity contribution in [3.63, 3.8) is 0 Å². The molecule has 0 spiro atoms. The van der Waals surface area contributed by atoms with E-state index in [1.54, 1.807) is 0 Å². The number of hydrogen-bond acceptors (Lipinski definition) is 3. The van der Waals surface area contributed by atoms with Crippen LogP contribution in [-0.4, -0.2) is 23.0 Å². The Morgan fingerprint density at radius 1 is 1.11 bits per heavy atom. The van der Waals surface area contributed by atoms with Gasteiger partial charge in [-0.1, -0.05) is 18.2 Å². The van der Waals surface area contributed by atoms with Crippen LogP contribution in [0.3, 0.4) is 0 Å². The molecule has 2 heterocycles. The van der Waals surface area contributed by atoms with Crippen molar-refractivity contribution in [2.75, 3.05) is 23.4 Å². The average Bonchev–Trinajstić information content (AvgIpc) is 2.46. The predicted octanol–water partition coefficient (Wildman–Crippen LogP) is 3.79. The first-order valence-corrected chi connectivity index (χ1v) is 7.75.